The molecule has 3 N–H and O–H groups in total. The van der Waals surface area contributed by atoms with Crippen LogP contribution >= 0.6 is 0 Å². The lowest BCUT2D eigenvalue weighted by molar-refractivity contribution is 0.500. The lowest BCUT2D eigenvalue weighted by Crippen LogP contribution is -2.08. The molecule has 1 unspecified atom stereocenters. The minimum Gasteiger partial charge on any atom is -0.466 e. The Labute approximate surface area is 108 Å². The Kier molecular flexibility index (Phi) is 3.32. The van der Waals surface area contributed by atoms with Gasteiger partial charge in [0.25, 0.3) is 0 Å². The first-order valence-electron chi connectivity index (χ1n) is 6.17. The summed E-state index contributed by atoms with van der Waals surface area (Å²) in [7, 11) is 0. The minimum absolute atomic E-state index is 0.173. The van der Waals surface area contributed by atoms with Gasteiger partial charge in [-0.3, -0.25) is 0 Å². The first kappa shape index (κ1) is 12.6. The fourth-order valence-corrected chi connectivity index (χ4v) is 2.19. The quantitative estimate of drug-likeness (QED) is 0.803. The zero-order chi connectivity index (χ0) is 13.3. The summed E-state index contributed by atoms with van der Waals surface area (Å²) in [5, 5.41) is 3.44. The number of aryl methyl sites for hydroxylation is 3. The van der Waals surface area contributed by atoms with Crippen molar-refractivity contribution in [1.29, 1.82) is 0 Å². The van der Waals surface area contributed by atoms with Gasteiger partial charge in [0.05, 0.1) is 17.4 Å². The van der Waals surface area contributed by atoms with Crippen LogP contribution in [0.15, 0.2) is 28.7 Å². The molecular formula is C15H20N2O. The minimum atomic E-state index is 0.173. The molecule has 0 radical (unpaired) electrons. The summed E-state index contributed by atoms with van der Waals surface area (Å²) in [5.74, 6) is 1.90. The van der Waals surface area contributed by atoms with Gasteiger partial charge in [0.2, 0.25) is 0 Å². The number of nitrogen functional groups attached to an aromatic ring is 1. The fourth-order valence-electron chi connectivity index (χ4n) is 2.19. The molecule has 1 heterocycles. The maximum atomic E-state index is 5.97. The van der Waals surface area contributed by atoms with Gasteiger partial charge in [-0.05, 0) is 51.5 Å². The van der Waals surface area contributed by atoms with Crippen LogP contribution in [0, 0.1) is 20.8 Å². The summed E-state index contributed by atoms with van der Waals surface area (Å²) in [5.41, 5.74) is 10.1. The lowest BCUT2D eigenvalue weighted by Gasteiger charge is -2.16. The van der Waals surface area contributed by atoms with Crippen LogP contribution in [0.2, 0.25) is 0 Å². The van der Waals surface area contributed by atoms with Gasteiger partial charge in [-0.15, -0.1) is 0 Å². The van der Waals surface area contributed by atoms with Gasteiger partial charge in [-0.1, -0.05) is 6.07 Å². The molecular weight excluding hydrogens is 224 g/mol. The summed E-state index contributed by atoms with van der Waals surface area (Å²) < 4.78 is 5.56. The topological polar surface area (TPSA) is 51.2 Å². The second-order valence-corrected chi connectivity index (χ2v) is 4.83. The van der Waals surface area contributed by atoms with Gasteiger partial charge in [-0.2, -0.15) is 0 Å². The summed E-state index contributed by atoms with van der Waals surface area (Å²) in [4.78, 5) is 0. The van der Waals surface area contributed by atoms with Gasteiger partial charge in [0, 0.05) is 5.56 Å². The molecule has 0 saturated carbocycles. The maximum absolute atomic E-state index is 5.97. The molecule has 0 aliphatic heterocycles. The van der Waals surface area contributed by atoms with Crippen LogP contribution in [0.1, 0.15) is 35.6 Å². The molecule has 1 aromatic heterocycles. The van der Waals surface area contributed by atoms with Crippen molar-refractivity contribution in [2.75, 3.05) is 11.1 Å². The predicted molar refractivity (Wildman–Crippen MR) is 75.8 cm³/mol. The Morgan fingerprint density at radius 3 is 2.50 bits per heavy atom. The molecule has 1 atom stereocenters. The van der Waals surface area contributed by atoms with E-state index in [4.69, 9.17) is 10.2 Å². The van der Waals surface area contributed by atoms with Crippen LogP contribution in [-0.2, 0) is 0 Å². The SMILES string of the molecule is Cc1ccc(N)c(NC(C)c2cc(C)oc2C)c1. The predicted octanol–water partition coefficient (Wildman–Crippen LogP) is 3.96. The van der Waals surface area contributed by atoms with Crippen LogP contribution in [0.5, 0.6) is 0 Å². The highest BCUT2D eigenvalue weighted by atomic mass is 16.3. The van der Waals surface area contributed by atoms with Crippen molar-refractivity contribution < 1.29 is 4.42 Å². The van der Waals surface area contributed by atoms with E-state index in [0.717, 1.165) is 22.9 Å². The van der Waals surface area contributed by atoms with Crippen molar-refractivity contribution in [3.63, 3.8) is 0 Å². The second-order valence-electron chi connectivity index (χ2n) is 4.83. The van der Waals surface area contributed by atoms with E-state index >= 15 is 0 Å². The summed E-state index contributed by atoms with van der Waals surface area (Å²) in [6, 6.07) is 8.25. The number of rotatable bonds is 3. The molecule has 0 fully saturated rings. The summed E-state index contributed by atoms with van der Waals surface area (Å²) >= 11 is 0. The van der Waals surface area contributed by atoms with E-state index in [2.05, 4.69) is 31.3 Å². The first-order valence-corrected chi connectivity index (χ1v) is 6.17. The zero-order valence-electron chi connectivity index (χ0n) is 11.4. The van der Waals surface area contributed by atoms with Crippen LogP contribution in [0.25, 0.3) is 0 Å². The number of hydrogen-bond donors (Lipinski definition) is 2. The average molecular weight is 244 g/mol. The Balaban J connectivity index is 2.23. The molecule has 0 bridgehead atoms. The molecule has 2 rings (SSSR count). The summed E-state index contributed by atoms with van der Waals surface area (Å²) in [6.07, 6.45) is 0. The number of anilines is 2. The lowest BCUT2D eigenvalue weighted by atomic mass is 10.1. The van der Waals surface area contributed by atoms with Crippen LogP contribution in [0.4, 0.5) is 11.4 Å². The van der Waals surface area contributed by atoms with Crippen molar-refractivity contribution in [2.24, 2.45) is 0 Å². The fraction of sp³-hybridized carbons (Fsp3) is 0.333. The van der Waals surface area contributed by atoms with Crippen molar-refractivity contribution in [3.8, 4) is 0 Å². The van der Waals surface area contributed by atoms with Gasteiger partial charge >= 0.3 is 0 Å². The molecule has 18 heavy (non-hydrogen) atoms. The number of furan rings is 1. The zero-order valence-corrected chi connectivity index (χ0v) is 11.4. The highest BCUT2D eigenvalue weighted by Gasteiger charge is 2.13. The molecule has 1 aromatic carbocycles. The highest BCUT2D eigenvalue weighted by Crippen LogP contribution is 2.28. The van der Waals surface area contributed by atoms with Crippen LogP contribution < -0.4 is 11.1 Å². The van der Waals surface area contributed by atoms with E-state index in [1.54, 1.807) is 0 Å². The van der Waals surface area contributed by atoms with Crippen LogP contribution in [0.3, 0.4) is 0 Å². The molecule has 0 amide bonds. The number of hydrogen-bond acceptors (Lipinski definition) is 3. The normalized spacial score (nSPS) is 12.4. The standard InChI is InChI=1S/C15H20N2O/c1-9-5-6-14(16)15(7-9)17-11(3)13-8-10(2)18-12(13)4/h5-8,11,17H,16H2,1-4H3. The molecule has 3 nitrogen and oxygen atoms in total. The van der Waals surface area contributed by atoms with Crippen molar-refractivity contribution >= 4 is 11.4 Å². The first-order chi connectivity index (χ1) is 8.47. The molecule has 0 aliphatic carbocycles. The Bertz CT molecular complexity index is 558. The summed E-state index contributed by atoms with van der Waals surface area (Å²) in [6.45, 7) is 8.12. The van der Waals surface area contributed by atoms with Crippen molar-refractivity contribution in [1.82, 2.24) is 0 Å². The Hall–Kier alpha value is -1.90. The van der Waals surface area contributed by atoms with Gasteiger partial charge in [0.1, 0.15) is 11.5 Å². The molecule has 3 heteroatoms. The van der Waals surface area contributed by atoms with E-state index in [0.29, 0.717) is 0 Å². The molecule has 0 saturated heterocycles. The Morgan fingerprint density at radius 1 is 1.17 bits per heavy atom. The highest BCUT2D eigenvalue weighted by molar-refractivity contribution is 5.67. The van der Waals surface area contributed by atoms with E-state index < -0.39 is 0 Å². The van der Waals surface area contributed by atoms with E-state index in [1.807, 2.05) is 26.0 Å². The third-order valence-electron chi connectivity index (χ3n) is 3.13. The number of nitrogens with two attached hydrogens (primary N) is 1. The average Bonchev–Trinajstić information content (AvgIpc) is 2.63. The third-order valence-corrected chi connectivity index (χ3v) is 3.13. The molecule has 0 spiro atoms. The Morgan fingerprint density at radius 2 is 1.89 bits per heavy atom. The monoisotopic (exact) mass is 244 g/mol. The smallest absolute Gasteiger partial charge is 0.106 e. The van der Waals surface area contributed by atoms with Gasteiger partial charge in [0.15, 0.2) is 0 Å². The van der Waals surface area contributed by atoms with E-state index in [9.17, 15) is 0 Å². The maximum Gasteiger partial charge on any atom is 0.106 e. The molecule has 96 valence electrons. The van der Waals surface area contributed by atoms with Crippen molar-refractivity contribution in [3.05, 3.63) is 46.9 Å². The number of benzene rings is 1. The number of nitrogens with one attached hydrogen (secondary N) is 1. The largest absolute Gasteiger partial charge is 0.466 e. The van der Waals surface area contributed by atoms with E-state index in [-0.39, 0.29) is 6.04 Å². The van der Waals surface area contributed by atoms with E-state index in [1.165, 1.54) is 11.1 Å². The molecule has 0 aliphatic rings. The van der Waals surface area contributed by atoms with Gasteiger partial charge < -0.3 is 15.5 Å². The molecule has 2 aromatic rings. The third kappa shape index (κ3) is 2.50. The van der Waals surface area contributed by atoms with Gasteiger partial charge in [-0.25, -0.2) is 0 Å². The second kappa shape index (κ2) is 4.77. The van der Waals surface area contributed by atoms with Crippen LogP contribution in [-0.4, -0.2) is 0 Å². The van der Waals surface area contributed by atoms with Crippen molar-refractivity contribution in [2.45, 2.75) is 33.7 Å².